The van der Waals surface area contributed by atoms with Crippen LogP contribution in [0.3, 0.4) is 0 Å². The van der Waals surface area contributed by atoms with Crippen LogP contribution in [0, 0.1) is 12.8 Å². The molecule has 1 fully saturated rings. The van der Waals surface area contributed by atoms with Gasteiger partial charge in [-0.15, -0.1) is 0 Å². The number of aromatic amines is 1. The molecule has 5 nitrogen and oxygen atoms in total. The summed E-state index contributed by atoms with van der Waals surface area (Å²) in [6, 6.07) is 17.2. The van der Waals surface area contributed by atoms with Crippen LogP contribution in [0.25, 0.3) is 28.3 Å². The van der Waals surface area contributed by atoms with E-state index in [9.17, 15) is 4.79 Å². The second kappa shape index (κ2) is 9.90. The largest absolute Gasteiger partial charge is 0.481 e. The smallest absolute Gasteiger partial charge is 0.306 e. The van der Waals surface area contributed by atoms with Crippen molar-refractivity contribution in [2.24, 2.45) is 5.92 Å². The van der Waals surface area contributed by atoms with Gasteiger partial charge >= 0.3 is 5.97 Å². The van der Waals surface area contributed by atoms with Gasteiger partial charge in [-0.3, -0.25) is 4.79 Å². The van der Waals surface area contributed by atoms with Crippen molar-refractivity contribution in [1.29, 1.82) is 0 Å². The Kier molecular flexibility index (Phi) is 6.94. The van der Waals surface area contributed by atoms with Crippen molar-refractivity contribution >= 4 is 34.8 Å². The van der Waals surface area contributed by atoms with E-state index in [4.69, 9.17) is 21.4 Å². The van der Waals surface area contributed by atoms with Crippen LogP contribution < -0.4 is 15.4 Å². The quantitative estimate of drug-likeness (QED) is 0.508. The van der Waals surface area contributed by atoms with Crippen molar-refractivity contribution in [3.63, 3.8) is 0 Å². The van der Waals surface area contributed by atoms with Gasteiger partial charge in [0, 0.05) is 5.03 Å². The lowest BCUT2D eigenvalue weighted by molar-refractivity contribution is -0.148. The summed E-state index contributed by atoms with van der Waals surface area (Å²) in [5, 5.41) is 11.2. The van der Waals surface area contributed by atoms with Crippen molar-refractivity contribution in [3.8, 4) is 17.1 Å². The molecule has 1 aliphatic rings. The number of nitrogens with one attached hydrogen (secondary N) is 1. The number of hydrogen-bond acceptors (Lipinski definition) is 3. The summed E-state index contributed by atoms with van der Waals surface area (Å²) in [4.78, 5) is 18.8. The molecule has 2 N–H and O–H groups in total. The number of imidazole rings is 1. The van der Waals surface area contributed by atoms with E-state index in [1.807, 2.05) is 26.8 Å². The Morgan fingerprint density at radius 1 is 1.06 bits per heavy atom. The average molecular weight is 477 g/mol. The molecule has 0 saturated heterocycles. The average Bonchev–Trinajstić information content (AvgIpc) is 3.18. The molecular weight excluding hydrogens is 448 g/mol. The summed E-state index contributed by atoms with van der Waals surface area (Å²) in [5.74, 6) is -1.10. The summed E-state index contributed by atoms with van der Waals surface area (Å²) in [7, 11) is 0. The molecule has 0 spiro atoms. The van der Waals surface area contributed by atoms with Gasteiger partial charge in [-0.2, -0.15) is 4.98 Å². The third-order valence-corrected chi connectivity index (χ3v) is 6.63. The maximum atomic E-state index is 11.0. The normalized spacial score (nSPS) is 18.8. The van der Waals surface area contributed by atoms with E-state index < -0.39 is 5.97 Å². The molecule has 3 aromatic rings. The molecule has 0 radical (unpaired) electrons. The number of carbonyl (C=O) groups is 1. The van der Waals surface area contributed by atoms with E-state index >= 15 is 0 Å². The zero-order valence-electron chi connectivity index (χ0n) is 19.9. The van der Waals surface area contributed by atoms with Gasteiger partial charge in [0.15, 0.2) is 0 Å². The second-order valence-corrected chi connectivity index (χ2v) is 9.52. The number of ether oxygens (including phenoxy) is 1. The van der Waals surface area contributed by atoms with Gasteiger partial charge in [-0.1, -0.05) is 65.7 Å². The Bertz CT molecular complexity index is 1340. The third kappa shape index (κ3) is 5.26. The maximum absolute atomic E-state index is 11.0. The van der Waals surface area contributed by atoms with E-state index in [1.54, 1.807) is 0 Å². The minimum absolute atomic E-state index is 0.134. The fraction of sp³-hybridized carbons (Fsp3) is 0.286. The first kappa shape index (κ1) is 23.8. The van der Waals surface area contributed by atoms with Crippen LogP contribution in [0.4, 0.5) is 0 Å². The lowest BCUT2D eigenvalue weighted by Crippen LogP contribution is -2.38. The van der Waals surface area contributed by atoms with Gasteiger partial charge in [0.1, 0.15) is 6.10 Å². The Morgan fingerprint density at radius 3 is 2.21 bits per heavy atom. The van der Waals surface area contributed by atoms with Crippen LogP contribution in [0.5, 0.6) is 6.01 Å². The van der Waals surface area contributed by atoms with Crippen LogP contribution in [0.2, 0.25) is 0 Å². The van der Waals surface area contributed by atoms with Crippen molar-refractivity contribution in [2.45, 2.75) is 46.6 Å². The molecule has 0 atom stereocenters. The first-order chi connectivity index (χ1) is 16.2. The molecule has 0 unspecified atom stereocenters. The number of aryl methyl sites for hydroxylation is 1. The minimum atomic E-state index is -0.772. The summed E-state index contributed by atoms with van der Waals surface area (Å²) < 4.78 is 5.87. The number of benzene rings is 2. The molecule has 34 heavy (non-hydrogen) atoms. The summed E-state index contributed by atoms with van der Waals surface area (Å²) in [5.41, 5.74) is 6.61. The lowest BCUT2D eigenvalue weighted by atomic mass is 9.82. The monoisotopic (exact) mass is 476 g/mol. The predicted octanol–water partition coefficient (Wildman–Crippen LogP) is 5.27. The van der Waals surface area contributed by atoms with Crippen LogP contribution in [-0.4, -0.2) is 27.1 Å². The number of allylic oxidation sites excluding steroid dienone is 2. The predicted molar refractivity (Wildman–Crippen MR) is 137 cm³/mol. The van der Waals surface area contributed by atoms with Crippen LogP contribution in [-0.2, 0) is 4.79 Å². The molecule has 1 saturated carbocycles. The number of hydrogen-bond donors (Lipinski definition) is 2. The molecule has 1 aromatic heterocycles. The minimum Gasteiger partial charge on any atom is -0.481 e. The molecule has 1 heterocycles. The molecule has 0 aliphatic heterocycles. The Labute approximate surface area is 204 Å². The summed E-state index contributed by atoms with van der Waals surface area (Å²) in [6.07, 6.45) is 2.73. The molecular formula is C28H29ClN2O3. The number of halogens is 1. The number of carboxylic acid groups (broad SMARTS) is 1. The van der Waals surface area contributed by atoms with Crippen LogP contribution in [0.15, 0.2) is 53.6 Å². The highest BCUT2D eigenvalue weighted by molar-refractivity contribution is 6.37. The van der Waals surface area contributed by atoms with E-state index in [-0.39, 0.29) is 12.0 Å². The van der Waals surface area contributed by atoms with Crippen molar-refractivity contribution in [1.82, 2.24) is 9.97 Å². The lowest BCUT2D eigenvalue weighted by Gasteiger charge is -2.31. The highest BCUT2D eigenvalue weighted by Gasteiger charge is 2.36. The topological polar surface area (TPSA) is 75.2 Å². The SMILES string of the molecule is CC(C)=c1nc(OC2CC(C(=O)O)C2)[nH]/c1=C/C(Cl)=C(\C)c1ccc(-c2ccc(C)cc2)cc1. The van der Waals surface area contributed by atoms with Crippen LogP contribution >= 0.6 is 11.6 Å². The van der Waals surface area contributed by atoms with E-state index in [0.29, 0.717) is 23.9 Å². The molecule has 176 valence electrons. The van der Waals surface area contributed by atoms with Gasteiger partial charge in [0.05, 0.1) is 16.6 Å². The second-order valence-electron chi connectivity index (χ2n) is 9.11. The van der Waals surface area contributed by atoms with E-state index in [1.165, 1.54) is 11.1 Å². The third-order valence-electron chi connectivity index (χ3n) is 6.24. The number of H-pyrrole nitrogens is 1. The molecule has 0 bridgehead atoms. The molecule has 1 aliphatic carbocycles. The Balaban J connectivity index is 1.58. The Hall–Kier alpha value is -3.31. The summed E-state index contributed by atoms with van der Waals surface area (Å²) in [6.45, 7) is 8.04. The highest BCUT2D eigenvalue weighted by atomic mass is 35.5. The highest BCUT2D eigenvalue weighted by Crippen LogP contribution is 2.30. The fourth-order valence-electron chi connectivity index (χ4n) is 3.96. The molecule has 2 aromatic carbocycles. The van der Waals surface area contributed by atoms with E-state index in [2.05, 4.69) is 65.4 Å². The summed E-state index contributed by atoms with van der Waals surface area (Å²) >= 11 is 6.72. The first-order valence-corrected chi connectivity index (χ1v) is 11.8. The number of aromatic nitrogens is 2. The molecule has 4 rings (SSSR count). The molecule has 6 heteroatoms. The van der Waals surface area contributed by atoms with Crippen molar-refractivity contribution < 1.29 is 14.6 Å². The van der Waals surface area contributed by atoms with Gasteiger partial charge in [-0.05, 0) is 74.4 Å². The standard InChI is InChI=1S/C28H29ClN2O3/c1-16(2)26-25(30-28(31-26)34-23-13-22(14-23)27(32)33)15-24(29)18(4)19-9-11-21(12-10-19)20-7-5-17(3)6-8-20/h5-12,15,22-23H,13-14H2,1-4H3,(H,30,31)(H,32,33)/b24-18-,25-15+. The number of carboxylic acids is 1. The number of aliphatic carboxylic acids is 1. The van der Waals surface area contributed by atoms with Crippen molar-refractivity contribution in [3.05, 3.63) is 75.4 Å². The van der Waals surface area contributed by atoms with Crippen LogP contribution in [0.1, 0.15) is 44.7 Å². The van der Waals surface area contributed by atoms with Crippen molar-refractivity contribution in [2.75, 3.05) is 0 Å². The maximum Gasteiger partial charge on any atom is 0.306 e. The zero-order chi connectivity index (χ0) is 24.4. The first-order valence-electron chi connectivity index (χ1n) is 11.4. The zero-order valence-corrected chi connectivity index (χ0v) is 20.6. The van der Waals surface area contributed by atoms with Gasteiger partial charge in [0.25, 0.3) is 6.01 Å². The van der Waals surface area contributed by atoms with Gasteiger partial charge in [-0.25, -0.2) is 0 Å². The number of nitrogens with zero attached hydrogens (tertiary/aromatic N) is 1. The van der Waals surface area contributed by atoms with Gasteiger partial charge in [0.2, 0.25) is 0 Å². The molecule has 0 amide bonds. The van der Waals surface area contributed by atoms with Gasteiger partial charge < -0.3 is 14.8 Å². The Morgan fingerprint density at radius 2 is 1.65 bits per heavy atom. The van der Waals surface area contributed by atoms with E-state index in [0.717, 1.165) is 33.0 Å². The fourth-order valence-corrected chi connectivity index (χ4v) is 4.18. The number of rotatable bonds is 6.